The molecule has 0 saturated heterocycles. The molecular formula is C8H8NO2S. The van der Waals surface area contributed by atoms with Gasteiger partial charge in [0.05, 0.1) is 0 Å². The van der Waals surface area contributed by atoms with Crippen molar-refractivity contribution in [1.29, 1.82) is 0 Å². The molecule has 12 heavy (non-hydrogen) atoms. The van der Waals surface area contributed by atoms with E-state index in [0.717, 1.165) is 11.0 Å². The van der Waals surface area contributed by atoms with Crippen LogP contribution >= 0.6 is 0 Å². The Morgan fingerprint density at radius 3 is 2.25 bits per heavy atom. The molecule has 0 aliphatic rings. The van der Waals surface area contributed by atoms with E-state index in [9.17, 15) is 8.42 Å². The maximum Gasteiger partial charge on any atom is 0.247 e. The Kier molecular flexibility index (Phi) is 2.62. The van der Waals surface area contributed by atoms with Crippen molar-refractivity contribution in [2.75, 3.05) is 0 Å². The zero-order valence-corrected chi connectivity index (χ0v) is 7.08. The van der Waals surface area contributed by atoms with Gasteiger partial charge in [0.15, 0.2) is 0 Å². The van der Waals surface area contributed by atoms with Crippen molar-refractivity contribution >= 4 is 16.1 Å². The van der Waals surface area contributed by atoms with Crippen LogP contribution in [-0.2, 0) is 10.0 Å². The lowest BCUT2D eigenvalue weighted by Crippen LogP contribution is -1.92. The number of rotatable bonds is 2. The third-order valence-corrected chi connectivity index (χ3v) is 1.73. The van der Waals surface area contributed by atoms with Crippen LogP contribution in [0.5, 0.6) is 0 Å². The minimum atomic E-state index is -3.75. The minimum absolute atomic E-state index is 0.772. The highest BCUT2D eigenvalue weighted by molar-refractivity contribution is 7.91. The van der Waals surface area contributed by atoms with Crippen molar-refractivity contribution in [3.63, 3.8) is 0 Å². The Morgan fingerprint density at radius 1 is 1.17 bits per heavy atom. The van der Waals surface area contributed by atoms with Crippen molar-refractivity contribution in [2.45, 2.75) is 0 Å². The molecular weight excluding hydrogens is 174 g/mol. The molecule has 1 rings (SSSR count). The van der Waals surface area contributed by atoms with E-state index in [-0.39, 0.29) is 0 Å². The molecule has 1 radical (unpaired) electrons. The summed E-state index contributed by atoms with van der Waals surface area (Å²) in [4.78, 5) is 0. The van der Waals surface area contributed by atoms with Crippen molar-refractivity contribution in [3.05, 3.63) is 41.3 Å². The summed E-state index contributed by atoms with van der Waals surface area (Å²) in [6.45, 7) is 0. The fraction of sp³-hybridized carbons (Fsp3) is 0. The van der Waals surface area contributed by atoms with Gasteiger partial charge in [-0.25, -0.2) is 8.42 Å². The van der Waals surface area contributed by atoms with E-state index in [1.165, 1.54) is 6.08 Å². The van der Waals surface area contributed by atoms with Crippen molar-refractivity contribution < 1.29 is 8.42 Å². The molecule has 0 bridgehead atoms. The van der Waals surface area contributed by atoms with Crippen LogP contribution in [0.15, 0.2) is 35.7 Å². The summed E-state index contributed by atoms with van der Waals surface area (Å²) in [6.07, 6.45) is 1.39. The molecule has 3 nitrogen and oxygen atoms in total. The number of nitrogens with one attached hydrogen (secondary N) is 1. The zero-order chi connectivity index (χ0) is 9.03. The van der Waals surface area contributed by atoms with Crippen LogP contribution < -0.4 is 5.14 Å². The van der Waals surface area contributed by atoms with Gasteiger partial charge in [0.1, 0.15) is 0 Å². The van der Waals surface area contributed by atoms with Gasteiger partial charge in [0, 0.05) is 5.41 Å². The first-order chi connectivity index (χ1) is 5.58. The molecule has 1 aromatic rings. The number of sulfonamides is 1. The van der Waals surface area contributed by atoms with Gasteiger partial charge in [-0.1, -0.05) is 30.3 Å². The molecule has 0 spiro atoms. The van der Waals surface area contributed by atoms with E-state index in [1.807, 2.05) is 6.07 Å². The Balaban J connectivity index is 2.85. The SMILES string of the molecule is [NH]S(=O)(=O)C=Cc1ccccc1. The van der Waals surface area contributed by atoms with E-state index < -0.39 is 10.0 Å². The molecule has 1 N–H and O–H groups in total. The number of benzene rings is 1. The molecule has 0 saturated carbocycles. The first kappa shape index (κ1) is 8.96. The van der Waals surface area contributed by atoms with Crippen molar-refractivity contribution in [3.8, 4) is 0 Å². The third-order valence-electron chi connectivity index (χ3n) is 1.24. The predicted molar refractivity (Wildman–Crippen MR) is 47.5 cm³/mol. The summed E-state index contributed by atoms with van der Waals surface area (Å²) >= 11 is 0. The second-order valence-corrected chi connectivity index (χ2v) is 3.62. The summed E-state index contributed by atoms with van der Waals surface area (Å²) in [5.74, 6) is 0. The van der Waals surface area contributed by atoms with Gasteiger partial charge in [-0.15, -0.1) is 5.14 Å². The van der Waals surface area contributed by atoms with Crippen LogP contribution in [0.4, 0.5) is 0 Å². The number of hydrogen-bond acceptors (Lipinski definition) is 2. The molecule has 0 aromatic heterocycles. The Bertz CT molecular complexity index is 367. The summed E-state index contributed by atoms with van der Waals surface area (Å²) in [6, 6.07) is 8.97. The molecule has 0 amide bonds. The average Bonchev–Trinajstić information content (AvgIpc) is 2.02. The maximum atomic E-state index is 10.4. The monoisotopic (exact) mass is 182 g/mol. The lowest BCUT2D eigenvalue weighted by molar-refractivity contribution is 0.605. The summed E-state index contributed by atoms with van der Waals surface area (Å²) in [5, 5.41) is 7.43. The smallest absolute Gasteiger partial charge is 0.206 e. The largest absolute Gasteiger partial charge is 0.247 e. The van der Waals surface area contributed by atoms with Crippen molar-refractivity contribution in [2.24, 2.45) is 0 Å². The number of hydrogen-bond donors (Lipinski definition) is 0. The molecule has 0 aliphatic carbocycles. The van der Waals surface area contributed by atoms with Crippen LogP contribution in [0.1, 0.15) is 5.56 Å². The second-order valence-electron chi connectivity index (χ2n) is 2.26. The zero-order valence-electron chi connectivity index (χ0n) is 6.27. The van der Waals surface area contributed by atoms with Crippen LogP contribution in [0.25, 0.3) is 6.08 Å². The molecule has 4 heteroatoms. The fourth-order valence-corrected chi connectivity index (χ4v) is 1.07. The van der Waals surface area contributed by atoms with Gasteiger partial charge in [-0.2, -0.15) is 0 Å². The summed E-state index contributed by atoms with van der Waals surface area (Å²) < 4.78 is 20.8. The molecule has 1 aromatic carbocycles. The van der Waals surface area contributed by atoms with Crippen LogP contribution in [0, 0.1) is 0 Å². The fourth-order valence-electron chi connectivity index (χ4n) is 0.732. The molecule has 0 heterocycles. The van der Waals surface area contributed by atoms with Crippen LogP contribution in [0.3, 0.4) is 0 Å². The lowest BCUT2D eigenvalue weighted by Gasteiger charge is -1.89. The van der Waals surface area contributed by atoms with Gasteiger partial charge in [0.2, 0.25) is 10.0 Å². The minimum Gasteiger partial charge on any atom is -0.206 e. The van der Waals surface area contributed by atoms with Gasteiger partial charge in [-0.05, 0) is 11.6 Å². The molecule has 63 valence electrons. The first-order valence-electron chi connectivity index (χ1n) is 3.31. The maximum absolute atomic E-state index is 10.4. The Labute approximate surface area is 71.6 Å². The third kappa shape index (κ3) is 3.32. The van der Waals surface area contributed by atoms with E-state index in [1.54, 1.807) is 24.3 Å². The normalized spacial score (nSPS) is 12.1. The molecule has 0 aliphatic heterocycles. The lowest BCUT2D eigenvalue weighted by atomic mass is 10.2. The predicted octanol–water partition coefficient (Wildman–Crippen LogP) is 1.27. The Morgan fingerprint density at radius 2 is 1.75 bits per heavy atom. The summed E-state index contributed by atoms with van der Waals surface area (Å²) in [5.41, 5.74) is 0.772. The highest BCUT2D eigenvalue weighted by Gasteiger charge is 1.93. The van der Waals surface area contributed by atoms with Crippen molar-refractivity contribution in [1.82, 2.24) is 5.14 Å². The molecule has 0 unspecified atom stereocenters. The quantitative estimate of drug-likeness (QED) is 0.691. The van der Waals surface area contributed by atoms with Gasteiger partial charge < -0.3 is 0 Å². The molecule has 0 atom stereocenters. The standard InChI is InChI=1S/C8H8NO2S/c9-12(10,11)7-6-8-4-2-1-3-5-8/h1-7,9H. The van der Waals surface area contributed by atoms with Crippen LogP contribution in [0.2, 0.25) is 0 Å². The second kappa shape index (κ2) is 3.51. The molecule has 0 fully saturated rings. The van der Waals surface area contributed by atoms with Gasteiger partial charge >= 0.3 is 0 Å². The highest BCUT2D eigenvalue weighted by atomic mass is 32.2. The van der Waals surface area contributed by atoms with Gasteiger partial charge in [-0.3, -0.25) is 0 Å². The Hall–Kier alpha value is -1.13. The van der Waals surface area contributed by atoms with Crippen LogP contribution in [-0.4, -0.2) is 8.42 Å². The van der Waals surface area contributed by atoms with E-state index in [2.05, 4.69) is 0 Å². The van der Waals surface area contributed by atoms with Gasteiger partial charge in [0.25, 0.3) is 0 Å². The highest BCUT2D eigenvalue weighted by Crippen LogP contribution is 2.01. The summed E-state index contributed by atoms with van der Waals surface area (Å²) in [7, 11) is -3.75. The first-order valence-corrected chi connectivity index (χ1v) is 4.85. The van der Waals surface area contributed by atoms with E-state index in [0.29, 0.717) is 0 Å². The van der Waals surface area contributed by atoms with E-state index in [4.69, 9.17) is 5.14 Å². The topological polar surface area (TPSA) is 57.9 Å². The average molecular weight is 182 g/mol. The van der Waals surface area contributed by atoms with E-state index >= 15 is 0 Å².